The normalized spacial score (nSPS) is 18.2. The molecule has 0 bridgehead atoms. The highest BCUT2D eigenvalue weighted by atomic mass is 16.2. The van der Waals surface area contributed by atoms with Crippen molar-refractivity contribution in [2.45, 2.75) is 12.6 Å². The molecule has 4 nitrogen and oxygen atoms in total. The summed E-state index contributed by atoms with van der Waals surface area (Å²) in [7, 11) is 0. The van der Waals surface area contributed by atoms with E-state index in [1.807, 2.05) is 60.7 Å². The fourth-order valence-corrected chi connectivity index (χ4v) is 2.30. The van der Waals surface area contributed by atoms with Gasteiger partial charge in [0.25, 0.3) is 5.91 Å². The Bertz CT molecular complexity index is 637. The summed E-state index contributed by atoms with van der Waals surface area (Å²) >= 11 is 0. The van der Waals surface area contributed by atoms with Gasteiger partial charge in [-0.2, -0.15) is 0 Å². The number of hydrogen-bond acceptors (Lipinski definition) is 3. The molecule has 1 unspecified atom stereocenters. The van der Waals surface area contributed by atoms with E-state index in [0.29, 0.717) is 6.54 Å². The molecule has 0 saturated heterocycles. The number of carbonyl (C=O) groups is 1. The van der Waals surface area contributed by atoms with Crippen LogP contribution in [0.15, 0.2) is 65.7 Å². The van der Waals surface area contributed by atoms with Crippen LogP contribution in [-0.4, -0.2) is 16.8 Å². The Morgan fingerprint density at radius 3 is 2.25 bits per heavy atom. The van der Waals surface area contributed by atoms with Crippen molar-refractivity contribution in [1.29, 1.82) is 0 Å². The Labute approximate surface area is 117 Å². The number of aliphatic imine (C=N–C) groups is 1. The second kappa shape index (κ2) is 5.17. The number of hydrogen-bond donors (Lipinski definition) is 1. The highest BCUT2D eigenvalue weighted by Crippen LogP contribution is 2.26. The van der Waals surface area contributed by atoms with Crippen molar-refractivity contribution in [1.82, 2.24) is 4.90 Å². The maximum absolute atomic E-state index is 12.5. The molecule has 0 radical (unpaired) electrons. The van der Waals surface area contributed by atoms with Crippen LogP contribution < -0.4 is 5.73 Å². The molecule has 0 aliphatic carbocycles. The topological polar surface area (TPSA) is 58.7 Å². The van der Waals surface area contributed by atoms with Crippen molar-refractivity contribution in [2.24, 2.45) is 10.7 Å². The van der Waals surface area contributed by atoms with Gasteiger partial charge in [0.1, 0.15) is 0 Å². The summed E-state index contributed by atoms with van der Waals surface area (Å²) in [6, 6.07) is 18.7. The third kappa shape index (κ3) is 2.28. The number of carbonyl (C=O) groups excluding carboxylic acids is 1. The molecule has 0 aromatic heterocycles. The first kappa shape index (κ1) is 12.4. The zero-order valence-electron chi connectivity index (χ0n) is 10.9. The maximum Gasteiger partial charge on any atom is 0.259 e. The van der Waals surface area contributed by atoms with E-state index in [9.17, 15) is 4.79 Å². The average Bonchev–Trinajstić information content (AvgIpc) is 2.77. The predicted molar refractivity (Wildman–Crippen MR) is 77.8 cm³/mol. The highest BCUT2D eigenvalue weighted by molar-refractivity contribution is 6.04. The van der Waals surface area contributed by atoms with Gasteiger partial charge in [0, 0.05) is 0 Å². The van der Waals surface area contributed by atoms with Crippen molar-refractivity contribution in [3.63, 3.8) is 0 Å². The van der Waals surface area contributed by atoms with Crippen LogP contribution in [0.2, 0.25) is 0 Å². The van der Waals surface area contributed by atoms with Crippen LogP contribution in [0.5, 0.6) is 0 Å². The zero-order chi connectivity index (χ0) is 13.9. The van der Waals surface area contributed by atoms with E-state index >= 15 is 0 Å². The molecule has 4 heteroatoms. The third-order valence-electron chi connectivity index (χ3n) is 3.34. The van der Waals surface area contributed by atoms with Crippen LogP contribution in [0.3, 0.4) is 0 Å². The van der Waals surface area contributed by atoms with Crippen molar-refractivity contribution >= 4 is 11.9 Å². The van der Waals surface area contributed by atoms with E-state index in [1.165, 1.54) is 4.90 Å². The van der Waals surface area contributed by atoms with Gasteiger partial charge in [-0.1, -0.05) is 60.7 Å². The van der Waals surface area contributed by atoms with Crippen molar-refractivity contribution in [2.75, 3.05) is 0 Å². The van der Waals surface area contributed by atoms with Gasteiger partial charge in [0.05, 0.1) is 6.54 Å². The summed E-state index contributed by atoms with van der Waals surface area (Å²) in [5.74, 6) is 0.213. The maximum atomic E-state index is 12.5. The lowest BCUT2D eigenvalue weighted by Gasteiger charge is -2.16. The van der Waals surface area contributed by atoms with Gasteiger partial charge in [-0.3, -0.25) is 9.69 Å². The molecule has 3 rings (SSSR count). The van der Waals surface area contributed by atoms with Gasteiger partial charge in [-0.25, -0.2) is 4.99 Å². The SMILES string of the molecule is NC1=NC(c2ccccc2)C(=O)N1Cc1ccccc1. The average molecular weight is 265 g/mol. The monoisotopic (exact) mass is 265 g/mol. The van der Waals surface area contributed by atoms with Crippen LogP contribution >= 0.6 is 0 Å². The summed E-state index contributed by atoms with van der Waals surface area (Å²) in [6.07, 6.45) is 0. The van der Waals surface area contributed by atoms with Gasteiger partial charge in [-0.15, -0.1) is 0 Å². The fourth-order valence-electron chi connectivity index (χ4n) is 2.30. The highest BCUT2D eigenvalue weighted by Gasteiger charge is 2.34. The summed E-state index contributed by atoms with van der Waals surface area (Å²) in [6.45, 7) is 0.457. The number of benzene rings is 2. The van der Waals surface area contributed by atoms with Crippen LogP contribution in [0.4, 0.5) is 0 Å². The molecule has 0 saturated carbocycles. The quantitative estimate of drug-likeness (QED) is 0.923. The first-order chi connectivity index (χ1) is 9.75. The van der Waals surface area contributed by atoms with E-state index in [4.69, 9.17) is 5.73 Å². The van der Waals surface area contributed by atoms with E-state index in [0.717, 1.165) is 11.1 Å². The Morgan fingerprint density at radius 2 is 1.60 bits per heavy atom. The molecule has 1 aliphatic heterocycles. The molecule has 2 N–H and O–H groups in total. The van der Waals surface area contributed by atoms with E-state index in [2.05, 4.69) is 4.99 Å². The molecule has 1 amide bonds. The zero-order valence-corrected chi connectivity index (χ0v) is 10.9. The van der Waals surface area contributed by atoms with Gasteiger partial charge < -0.3 is 5.73 Å². The Balaban J connectivity index is 1.82. The van der Waals surface area contributed by atoms with E-state index < -0.39 is 6.04 Å². The molecule has 100 valence electrons. The van der Waals surface area contributed by atoms with Gasteiger partial charge in [-0.05, 0) is 11.1 Å². The summed E-state index contributed by atoms with van der Waals surface area (Å²) < 4.78 is 0. The van der Waals surface area contributed by atoms with E-state index in [1.54, 1.807) is 0 Å². The molecule has 1 heterocycles. The molecule has 2 aromatic carbocycles. The molecule has 1 aliphatic rings. The van der Waals surface area contributed by atoms with Crippen LogP contribution in [0, 0.1) is 0 Å². The van der Waals surface area contributed by atoms with E-state index in [-0.39, 0.29) is 11.9 Å². The van der Waals surface area contributed by atoms with Crippen molar-refractivity contribution < 1.29 is 4.79 Å². The third-order valence-corrected chi connectivity index (χ3v) is 3.34. The van der Waals surface area contributed by atoms with Gasteiger partial charge in [0.15, 0.2) is 12.0 Å². The molecule has 1 atom stereocenters. The lowest BCUT2D eigenvalue weighted by Crippen LogP contribution is -2.37. The largest absolute Gasteiger partial charge is 0.369 e. The Hall–Kier alpha value is -2.62. The Morgan fingerprint density at radius 1 is 1.00 bits per heavy atom. The lowest BCUT2D eigenvalue weighted by molar-refractivity contribution is -0.127. The molecule has 0 spiro atoms. The molecule has 2 aromatic rings. The smallest absolute Gasteiger partial charge is 0.259 e. The second-order valence-electron chi connectivity index (χ2n) is 4.71. The van der Waals surface area contributed by atoms with Crippen LogP contribution in [0.25, 0.3) is 0 Å². The number of nitrogens with zero attached hydrogens (tertiary/aromatic N) is 2. The van der Waals surface area contributed by atoms with Crippen LogP contribution in [0.1, 0.15) is 17.2 Å². The minimum Gasteiger partial charge on any atom is -0.369 e. The predicted octanol–water partition coefficient (Wildman–Crippen LogP) is 2.08. The van der Waals surface area contributed by atoms with Gasteiger partial charge in [0.2, 0.25) is 0 Å². The number of amides is 1. The Kier molecular flexibility index (Phi) is 3.21. The molecular formula is C16H15N3O. The minimum atomic E-state index is -0.514. The summed E-state index contributed by atoms with van der Waals surface area (Å²) in [5.41, 5.74) is 7.81. The van der Waals surface area contributed by atoms with Crippen molar-refractivity contribution in [3.8, 4) is 0 Å². The van der Waals surface area contributed by atoms with Crippen molar-refractivity contribution in [3.05, 3.63) is 71.8 Å². The van der Waals surface area contributed by atoms with Crippen LogP contribution in [-0.2, 0) is 11.3 Å². The number of guanidine groups is 1. The molecule has 20 heavy (non-hydrogen) atoms. The standard InChI is InChI=1S/C16H15N3O/c17-16-18-14(13-9-5-2-6-10-13)15(20)19(16)11-12-7-3-1-4-8-12/h1-10,14H,11H2,(H2,17,18). The van der Waals surface area contributed by atoms with Gasteiger partial charge >= 0.3 is 0 Å². The lowest BCUT2D eigenvalue weighted by atomic mass is 10.1. The summed E-state index contributed by atoms with van der Waals surface area (Å²) in [5, 5.41) is 0. The first-order valence-corrected chi connectivity index (χ1v) is 6.49. The second-order valence-corrected chi connectivity index (χ2v) is 4.71. The fraction of sp³-hybridized carbons (Fsp3) is 0.125. The number of nitrogens with two attached hydrogens (primary N) is 1. The number of rotatable bonds is 3. The first-order valence-electron chi connectivity index (χ1n) is 6.49. The molecule has 0 fully saturated rings. The minimum absolute atomic E-state index is 0.0717. The molecular weight excluding hydrogens is 250 g/mol. The summed E-state index contributed by atoms with van der Waals surface area (Å²) in [4.78, 5) is 18.3.